The smallest absolute Gasteiger partial charge is 0.194 e. The maximum Gasteiger partial charge on any atom is 0.194 e. The lowest BCUT2D eigenvalue weighted by molar-refractivity contribution is 0.189. The van der Waals surface area contributed by atoms with Crippen molar-refractivity contribution < 1.29 is 0 Å². The van der Waals surface area contributed by atoms with Crippen LogP contribution in [0.15, 0.2) is 59.4 Å². The summed E-state index contributed by atoms with van der Waals surface area (Å²) in [7, 11) is 1.85. The van der Waals surface area contributed by atoms with Crippen molar-refractivity contribution in [1.82, 2.24) is 24.8 Å². The van der Waals surface area contributed by atoms with Crippen molar-refractivity contribution in [3.63, 3.8) is 0 Å². The maximum absolute atomic E-state index is 4.77. The number of piperidine rings is 1. The Kier molecular flexibility index (Phi) is 5.71. The van der Waals surface area contributed by atoms with Gasteiger partial charge in [-0.1, -0.05) is 37.3 Å². The van der Waals surface area contributed by atoms with Crippen LogP contribution in [-0.4, -0.2) is 45.5 Å². The van der Waals surface area contributed by atoms with Crippen LogP contribution in [0.1, 0.15) is 24.4 Å². The van der Waals surface area contributed by atoms with Crippen LogP contribution in [0, 0.1) is 5.92 Å². The molecule has 7 heteroatoms. The third-order valence-corrected chi connectivity index (χ3v) is 6.21. The highest BCUT2D eigenvalue weighted by molar-refractivity contribution is 7.09. The average Bonchev–Trinajstić information content (AvgIpc) is 3.42. The molecule has 1 N–H and O–H groups in total. The molecule has 1 saturated heterocycles. The van der Waals surface area contributed by atoms with Gasteiger partial charge in [0.25, 0.3) is 0 Å². The van der Waals surface area contributed by atoms with Crippen molar-refractivity contribution in [3.05, 3.63) is 59.4 Å². The molecule has 4 rings (SSSR count). The number of guanidine groups is 1. The first-order valence-corrected chi connectivity index (χ1v) is 10.6. The molecule has 2 atom stereocenters. The van der Waals surface area contributed by atoms with Gasteiger partial charge in [-0.15, -0.1) is 11.3 Å². The number of rotatable bonds is 4. The number of hydrogen-bond donors (Lipinski definition) is 1. The van der Waals surface area contributed by atoms with E-state index in [1.54, 1.807) is 11.3 Å². The Bertz CT molecular complexity index is 902. The van der Waals surface area contributed by atoms with Gasteiger partial charge in [0.2, 0.25) is 0 Å². The van der Waals surface area contributed by atoms with Crippen LogP contribution in [0.25, 0.3) is 11.3 Å². The molecule has 28 heavy (non-hydrogen) atoms. The molecule has 0 amide bonds. The van der Waals surface area contributed by atoms with E-state index in [0.717, 1.165) is 41.7 Å². The molecular weight excluding hydrogens is 368 g/mol. The van der Waals surface area contributed by atoms with Gasteiger partial charge in [0.15, 0.2) is 5.96 Å². The van der Waals surface area contributed by atoms with Crippen molar-refractivity contribution in [2.75, 3.05) is 20.1 Å². The van der Waals surface area contributed by atoms with Gasteiger partial charge in [0, 0.05) is 43.5 Å². The van der Waals surface area contributed by atoms with Gasteiger partial charge in [-0.25, -0.2) is 9.97 Å². The van der Waals surface area contributed by atoms with E-state index in [0.29, 0.717) is 18.5 Å². The second-order valence-electron chi connectivity index (χ2n) is 7.18. The summed E-state index contributed by atoms with van der Waals surface area (Å²) >= 11 is 1.68. The van der Waals surface area contributed by atoms with Crippen LogP contribution in [0.5, 0.6) is 0 Å². The van der Waals surface area contributed by atoms with E-state index >= 15 is 0 Å². The molecule has 0 radical (unpaired) electrons. The van der Waals surface area contributed by atoms with Gasteiger partial charge >= 0.3 is 0 Å². The summed E-state index contributed by atoms with van der Waals surface area (Å²) in [6.45, 7) is 4.95. The monoisotopic (exact) mass is 394 g/mol. The summed E-state index contributed by atoms with van der Waals surface area (Å²) in [5, 5.41) is 6.68. The molecule has 6 nitrogen and oxygen atoms in total. The van der Waals surface area contributed by atoms with Crippen molar-refractivity contribution in [1.29, 1.82) is 0 Å². The number of aliphatic imine (C=N–C) groups is 1. The Labute approximate surface area is 170 Å². The van der Waals surface area contributed by atoms with Crippen molar-refractivity contribution >= 4 is 17.3 Å². The molecule has 3 aromatic rings. The van der Waals surface area contributed by atoms with Crippen LogP contribution >= 0.6 is 11.3 Å². The first kappa shape index (κ1) is 18.7. The van der Waals surface area contributed by atoms with Crippen LogP contribution in [0.4, 0.5) is 0 Å². The minimum Gasteiger partial charge on any atom is -0.350 e. The molecular formula is C21H26N6S. The topological polar surface area (TPSA) is 58.3 Å². The lowest BCUT2D eigenvalue weighted by atomic mass is 9.93. The Morgan fingerprint density at radius 3 is 2.93 bits per heavy atom. The van der Waals surface area contributed by atoms with Crippen LogP contribution in [0.3, 0.4) is 0 Å². The number of nitrogens with one attached hydrogen (secondary N) is 1. The van der Waals surface area contributed by atoms with E-state index in [1.807, 2.05) is 37.8 Å². The van der Waals surface area contributed by atoms with Gasteiger partial charge in [-0.05, 0) is 12.3 Å². The molecule has 146 valence electrons. The van der Waals surface area contributed by atoms with Crippen LogP contribution in [0.2, 0.25) is 0 Å². The van der Waals surface area contributed by atoms with Gasteiger partial charge < -0.3 is 14.8 Å². The Hall–Kier alpha value is -2.67. The largest absolute Gasteiger partial charge is 0.350 e. The zero-order chi connectivity index (χ0) is 19.3. The molecule has 1 fully saturated rings. The number of imidazole rings is 1. The standard InChI is InChI=1S/C21H26N6S/c1-16-8-10-26(13-19(16)27-11-9-23-15-27)21(22-2)24-12-20-25-18(14-28-20)17-6-4-3-5-7-17/h3-7,9,11,14-16,19H,8,10,12-13H2,1-2H3,(H,22,24). The van der Waals surface area contributed by atoms with E-state index in [4.69, 9.17) is 4.98 Å². The Balaban J connectivity index is 1.39. The highest BCUT2D eigenvalue weighted by atomic mass is 32.1. The fraction of sp³-hybridized carbons (Fsp3) is 0.381. The molecule has 1 aliphatic heterocycles. The average molecular weight is 395 g/mol. The van der Waals surface area contributed by atoms with E-state index in [9.17, 15) is 0 Å². The zero-order valence-electron chi connectivity index (χ0n) is 16.3. The molecule has 2 aromatic heterocycles. The molecule has 1 aliphatic rings. The van der Waals surface area contributed by atoms with E-state index in [2.05, 4.69) is 55.4 Å². The molecule has 3 heterocycles. The van der Waals surface area contributed by atoms with E-state index in [1.165, 1.54) is 0 Å². The third-order valence-electron chi connectivity index (χ3n) is 5.36. The van der Waals surface area contributed by atoms with E-state index in [-0.39, 0.29) is 0 Å². The molecule has 0 bridgehead atoms. The van der Waals surface area contributed by atoms with Crippen molar-refractivity contribution in [2.45, 2.75) is 25.9 Å². The Morgan fingerprint density at radius 2 is 2.18 bits per heavy atom. The SMILES string of the molecule is CN=C(NCc1nc(-c2ccccc2)cs1)N1CCC(C)C(n2ccnc2)C1. The second-order valence-corrected chi connectivity index (χ2v) is 8.13. The van der Waals surface area contributed by atoms with Gasteiger partial charge in [-0.3, -0.25) is 4.99 Å². The highest BCUT2D eigenvalue weighted by Crippen LogP contribution is 2.27. The number of likely N-dealkylation sites (tertiary alicyclic amines) is 1. The number of benzene rings is 1. The fourth-order valence-corrected chi connectivity index (χ4v) is 4.46. The number of hydrogen-bond acceptors (Lipinski definition) is 4. The van der Waals surface area contributed by atoms with Gasteiger partial charge in [0.05, 0.1) is 24.6 Å². The quantitative estimate of drug-likeness (QED) is 0.542. The minimum absolute atomic E-state index is 0.416. The highest BCUT2D eigenvalue weighted by Gasteiger charge is 2.28. The molecule has 0 spiro atoms. The van der Waals surface area contributed by atoms with Gasteiger partial charge in [-0.2, -0.15) is 0 Å². The first-order chi connectivity index (χ1) is 13.7. The number of nitrogens with zero attached hydrogens (tertiary/aromatic N) is 5. The number of thiazole rings is 1. The lowest BCUT2D eigenvalue weighted by Crippen LogP contribution is -2.48. The summed E-state index contributed by atoms with van der Waals surface area (Å²) < 4.78 is 2.22. The summed E-state index contributed by atoms with van der Waals surface area (Å²) in [6.07, 6.45) is 6.97. The molecule has 1 aromatic carbocycles. The minimum atomic E-state index is 0.416. The predicted molar refractivity (Wildman–Crippen MR) is 114 cm³/mol. The molecule has 0 saturated carbocycles. The van der Waals surface area contributed by atoms with Crippen LogP contribution in [-0.2, 0) is 6.54 Å². The lowest BCUT2D eigenvalue weighted by Gasteiger charge is -2.39. The van der Waals surface area contributed by atoms with Crippen molar-refractivity contribution in [2.24, 2.45) is 10.9 Å². The number of aromatic nitrogens is 3. The third kappa shape index (κ3) is 4.09. The summed E-state index contributed by atoms with van der Waals surface area (Å²) in [5.41, 5.74) is 2.19. The van der Waals surface area contributed by atoms with Gasteiger partial charge in [0.1, 0.15) is 5.01 Å². The van der Waals surface area contributed by atoms with E-state index < -0.39 is 0 Å². The van der Waals surface area contributed by atoms with Crippen molar-refractivity contribution in [3.8, 4) is 11.3 Å². The summed E-state index contributed by atoms with van der Waals surface area (Å²) in [4.78, 5) is 15.8. The summed E-state index contributed by atoms with van der Waals surface area (Å²) in [6, 6.07) is 10.7. The predicted octanol–water partition coefficient (Wildman–Crippen LogP) is 3.67. The summed E-state index contributed by atoms with van der Waals surface area (Å²) in [5.74, 6) is 1.56. The molecule has 2 unspecified atom stereocenters. The molecule has 0 aliphatic carbocycles. The second kappa shape index (κ2) is 8.56. The normalized spacial score (nSPS) is 20.4. The first-order valence-electron chi connectivity index (χ1n) is 9.67. The fourth-order valence-electron chi connectivity index (χ4n) is 3.72. The zero-order valence-corrected chi connectivity index (χ0v) is 17.1. The Morgan fingerprint density at radius 1 is 1.32 bits per heavy atom. The van der Waals surface area contributed by atoms with Crippen LogP contribution < -0.4 is 5.32 Å². The maximum atomic E-state index is 4.77.